The molecule has 76 valence electrons. The van der Waals surface area contributed by atoms with Crippen LogP contribution in [0.15, 0.2) is 0 Å². The highest BCUT2D eigenvalue weighted by atomic mass is 16.3. The minimum absolute atomic E-state index is 0.0358. The maximum absolute atomic E-state index is 11.3. The third-order valence-electron chi connectivity index (χ3n) is 2.52. The molecule has 1 aliphatic carbocycles. The Morgan fingerprint density at radius 1 is 1.54 bits per heavy atom. The van der Waals surface area contributed by atoms with Crippen LogP contribution in [-0.4, -0.2) is 23.7 Å². The first-order valence-electron chi connectivity index (χ1n) is 5.03. The van der Waals surface area contributed by atoms with Crippen LogP contribution in [0.25, 0.3) is 0 Å². The van der Waals surface area contributed by atoms with Gasteiger partial charge in [-0.15, -0.1) is 0 Å². The third-order valence-corrected chi connectivity index (χ3v) is 2.52. The lowest BCUT2D eigenvalue weighted by Gasteiger charge is -2.19. The van der Waals surface area contributed by atoms with Gasteiger partial charge in [0.1, 0.15) is 0 Å². The standard InChI is InChI=1S/C10H19NO2/c1-7(2)9(6-12)11-10(13)5-8-3-4-8/h7-9,12H,3-6H2,1-2H3,(H,11,13)/t9-/m1/s1. The maximum Gasteiger partial charge on any atom is 0.220 e. The van der Waals surface area contributed by atoms with Crippen molar-refractivity contribution in [3.05, 3.63) is 0 Å². The van der Waals surface area contributed by atoms with Crippen molar-refractivity contribution >= 4 is 5.91 Å². The van der Waals surface area contributed by atoms with Crippen LogP contribution >= 0.6 is 0 Å². The molecule has 1 atom stereocenters. The van der Waals surface area contributed by atoms with Gasteiger partial charge in [0.2, 0.25) is 5.91 Å². The summed E-state index contributed by atoms with van der Waals surface area (Å²) in [5, 5.41) is 11.8. The lowest BCUT2D eigenvalue weighted by atomic mass is 10.1. The van der Waals surface area contributed by atoms with E-state index in [0.717, 1.165) is 0 Å². The second-order valence-corrected chi connectivity index (χ2v) is 4.25. The fraction of sp³-hybridized carbons (Fsp3) is 0.900. The number of hydrogen-bond acceptors (Lipinski definition) is 2. The molecule has 0 aromatic rings. The van der Waals surface area contributed by atoms with Gasteiger partial charge in [-0.05, 0) is 24.7 Å². The zero-order valence-corrected chi connectivity index (χ0v) is 8.42. The number of aliphatic hydroxyl groups excluding tert-OH is 1. The van der Waals surface area contributed by atoms with E-state index in [-0.39, 0.29) is 18.6 Å². The molecule has 0 spiro atoms. The molecule has 0 aromatic carbocycles. The van der Waals surface area contributed by atoms with Crippen molar-refractivity contribution < 1.29 is 9.90 Å². The van der Waals surface area contributed by atoms with E-state index in [4.69, 9.17) is 5.11 Å². The van der Waals surface area contributed by atoms with E-state index >= 15 is 0 Å². The molecule has 1 amide bonds. The van der Waals surface area contributed by atoms with Crippen LogP contribution in [0.4, 0.5) is 0 Å². The predicted molar refractivity (Wildman–Crippen MR) is 51.2 cm³/mol. The Morgan fingerprint density at radius 3 is 2.54 bits per heavy atom. The van der Waals surface area contributed by atoms with Crippen molar-refractivity contribution in [1.82, 2.24) is 5.32 Å². The lowest BCUT2D eigenvalue weighted by Crippen LogP contribution is -2.41. The number of carbonyl (C=O) groups is 1. The van der Waals surface area contributed by atoms with Gasteiger partial charge in [0, 0.05) is 6.42 Å². The topological polar surface area (TPSA) is 49.3 Å². The number of carbonyl (C=O) groups excluding carboxylic acids is 1. The number of nitrogens with one attached hydrogen (secondary N) is 1. The smallest absolute Gasteiger partial charge is 0.220 e. The molecule has 3 nitrogen and oxygen atoms in total. The molecule has 0 aliphatic heterocycles. The molecular weight excluding hydrogens is 166 g/mol. The Hall–Kier alpha value is -0.570. The van der Waals surface area contributed by atoms with Crippen molar-refractivity contribution in [2.24, 2.45) is 11.8 Å². The minimum Gasteiger partial charge on any atom is -0.394 e. The van der Waals surface area contributed by atoms with Crippen molar-refractivity contribution in [3.63, 3.8) is 0 Å². The van der Waals surface area contributed by atoms with Gasteiger partial charge in [0.25, 0.3) is 0 Å². The molecule has 1 aliphatic rings. The average Bonchev–Trinajstić information content (AvgIpc) is 2.83. The molecule has 1 rings (SSSR count). The Balaban J connectivity index is 2.22. The SMILES string of the molecule is CC(C)[C@@H](CO)NC(=O)CC1CC1. The molecule has 0 unspecified atom stereocenters. The Kier molecular flexibility index (Phi) is 3.72. The normalized spacial score (nSPS) is 18.8. The van der Waals surface area contributed by atoms with Gasteiger partial charge < -0.3 is 10.4 Å². The molecule has 1 fully saturated rings. The maximum atomic E-state index is 11.3. The van der Waals surface area contributed by atoms with Gasteiger partial charge in [-0.3, -0.25) is 4.79 Å². The summed E-state index contributed by atoms with van der Waals surface area (Å²) in [6, 6.07) is -0.0775. The quantitative estimate of drug-likeness (QED) is 0.669. The number of rotatable bonds is 5. The largest absolute Gasteiger partial charge is 0.394 e. The third kappa shape index (κ3) is 3.77. The summed E-state index contributed by atoms with van der Waals surface area (Å²) in [5.41, 5.74) is 0. The summed E-state index contributed by atoms with van der Waals surface area (Å²) in [5.74, 6) is 1.01. The van der Waals surface area contributed by atoms with Crippen LogP contribution in [0.3, 0.4) is 0 Å². The summed E-state index contributed by atoms with van der Waals surface area (Å²) in [4.78, 5) is 11.3. The zero-order chi connectivity index (χ0) is 9.84. The van der Waals surface area contributed by atoms with Crippen molar-refractivity contribution in [2.45, 2.75) is 39.2 Å². The first-order chi connectivity index (χ1) is 6.13. The highest BCUT2D eigenvalue weighted by molar-refractivity contribution is 5.76. The van der Waals surface area contributed by atoms with E-state index in [0.29, 0.717) is 18.3 Å². The van der Waals surface area contributed by atoms with E-state index < -0.39 is 0 Å². The second kappa shape index (κ2) is 4.61. The highest BCUT2D eigenvalue weighted by Gasteiger charge is 2.25. The summed E-state index contributed by atoms with van der Waals surface area (Å²) < 4.78 is 0. The molecule has 0 heterocycles. The minimum atomic E-state index is -0.0775. The fourth-order valence-corrected chi connectivity index (χ4v) is 1.27. The van der Waals surface area contributed by atoms with Crippen LogP contribution in [0.5, 0.6) is 0 Å². The van der Waals surface area contributed by atoms with Crippen LogP contribution < -0.4 is 5.32 Å². The van der Waals surface area contributed by atoms with E-state index in [9.17, 15) is 4.79 Å². The molecule has 0 saturated heterocycles. The predicted octanol–water partition coefficient (Wildman–Crippen LogP) is 0.920. The first kappa shape index (κ1) is 10.5. The average molecular weight is 185 g/mol. The van der Waals surface area contributed by atoms with Crippen LogP contribution in [0.2, 0.25) is 0 Å². The monoisotopic (exact) mass is 185 g/mol. The second-order valence-electron chi connectivity index (χ2n) is 4.25. The molecule has 1 saturated carbocycles. The first-order valence-corrected chi connectivity index (χ1v) is 5.03. The number of hydrogen-bond donors (Lipinski definition) is 2. The zero-order valence-electron chi connectivity index (χ0n) is 8.42. The number of amides is 1. The molecule has 13 heavy (non-hydrogen) atoms. The summed E-state index contributed by atoms with van der Waals surface area (Å²) >= 11 is 0. The van der Waals surface area contributed by atoms with E-state index in [1.165, 1.54) is 12.8 Å². The summed E-state index contributed by atoms with van der Waals surface area (Å²) in [6.45, 7) is 4.03. The molecule has 0 radical (unpaired) electrons. The Morgan fingerprint density at radius 2 is 2.15 bits per heavy atom. The van der Waals surface area contributed by atoms with Gasteiger partial charge >= 0.3 is 0 Å². The number of aliphatic hydroxyl groups is 1. The molecule has 3 heteroatoms. The molecule has 0 aromatic heterocycles. The Bertz CT molecular complexity index is 176. The molecule has 0 bridgehead atoms. The fourth-order valence-electron chi connectivity index (χ4n) is 1.27. The van der Waals surface area contributed by atoms with E-state index in [1.807, 2.05) is 13.8 Å². The summed E-state index contributed by atoms with van der Waals surface area (Å²) in [7, 11) is 0. The van der Waals surface area contributed by atoms with Gasteiger partial charge in [0.05, 0.1) is 12.6 Å². The molecule has 2 N–H and O–H groups in total. The van der Waals surface area contributed by atoms with Gasteiger partial charge in [-0.25, -0.2) is 0 Å². The van der Waals surface area contributed by atoms with Crippen LogP contribution in [-0.2, 0) is 4.79 Å². The van der Waals surface area contributed by atoms with Crippen LogP contribution in [0, 0.1) is 11.8 Å². The lowest BCUT2D eigenvalue weighted by molar-refractivity contribution is -0.122. The summed E-state index contributed by atoms with van der Waals surface area (Å²) in [6.07, 6.45) is 3.03. The van der Waals surface area contributed by atoms with Crippen LogP contribution in [0.1, 0.15) is 33.1 Å². The van der Waals surface area contributed by atoms with E-state index in [2.05, 4.69) is 5.32 Å². The van der Waals surface area contributed by atoms with Gasteiger partial charge in [0.15, 0.2) is 0 Å². The van der Waals surface area contributed by atoms with Crippen molar-refractivity contribution in [2.75, 3.05) is 6.61 Å². The van der Waals surface area contributed by atoms with E-state index in [1.54, 1.807) is 0 Å². The van der Waals surface area contributed by atoms with Gasteiger partial charge in [-0.1, -0.05) is 13.8 Å². The van der Waals surface area contributed by atoms with Crippen molar-refractivity contribution in [1.29, 1.82) is 0 Å². The molecular formula is C10H19NO2. The highest BCUT2D eigenvalue weighted by Crippen LogP contribution is 2.32. The van der Waals surface area contributed by atoms with Gasteiger partial charge in [-0.2, -0.15) is 0 Å². The van der Waals surface area contributed by atoms with Crippen molar-refractivity contribution in [3.8, 4) is 0 Å². The Labute approximate surface area is 79.5 Å².